The molecule has 0 aliphatic carbocycles. The molecule has 1 aromatic carbocycles. The number of hydrogen-bond acceptors (Lipinski definition) is 1. The maximum atomic E-state index is 12.5. The van der Waals surface area contributed by atoms with Gasteiger partial charge in [-0.05, 0) is 34.1 Å². The van der Waals surface area contributed by atoms with Crippen LogP contribution in [0.15, 0.2) is 22.7 Å². The lowest BCUT2D eigenvalue weighted by atomic mass is 10.3. The zero-order valence-corrected chi connectivity index (χ0v) is 8.02. The smallest absolute Gasteiger partial charge is 0.272 e. The Balaban J connectivity index is 2.67. The molecule has 0 spiro atoms. The molecule has 0 aromatic heterocycles. The second kappa shape index (κ2) is 4.50. The first-order valence-corrected chi connectivity index (χ1v) is 4.25. The molecule has 0 aliphatic rings. The number of ether oxygens (including phenoxy) is 1. The zero-order chi connectivity index (χ0) is 9.84. The van der Waals surface area contributed by atoms with Gasteiger partial charge in [-0.25, -0.2) is 13.2 Å². The summed E-state index contributed by atoms with van der Waals surface area (Å²) in [5.74, 6) is -0.238. The van der Waals surface area contributed by atoms with Gasteiger partial charge in [0.15, 0.2) is 0 Å². The van der Waals surface area contributed by atoms with Crippen molar-refractivity contribution < 1.29 is 17.9 Å². The minimum atomic E-state index is -2.53. The minimum absolute atomic E-state index is 0.210. The van der Waals surface area contributed by atoms with Crippen molar-refractivity contribution in [3.63, 3.8) is 0 Å². The van der Waals surface area contributed by atoms with Gasteiger partial charge < -0.3 is 4.74 Å². The third kappa shape index (κ3) is 3.26. The molecule has 0 aliphatic heterocycles. The molecule has 0 bridgehead atoms. The Morgan fingerprint density at radius 2 is 2.08 bits per heavy atom. The van der Waals surface area contributed by atoms with Gasteiger partial charge in [-0.2, -0.15) is 0 Å². The first-order valence-electron chi connectivity index (χ1n) is 3.45. The highest BCUT2D eigenvalue weighted by atomic mass is 79.9. The van der Waals surface area contributed by atoms with Gasteiger partial charge in [-0.15, -0.1) is 0 Å². The van der Waals surface area contributed by atoms with Gasteiger partial charge in [0, 0.05) is 0 Å². The van der Waals surface area contributed by atoms with Crippen molar-refractivity contribution in [3.05, 3.63) is 28.5 Å². The number of hydrogen-bond donors (Lipinski definition) is 0. The quantitative estimate of drug-likeness (QED) is 0.805. The maximum absolute atomic E-state index is 12.5. The first-order chi connectivity index (χ1) is 6.09. The molecule has 1 rings (SSSR count). The van der Waals surface area contributed by atoms with Gasteiger partial charge in [-0.3, -0.25) is 0 Å². The second-order valence-electron chi connectivity index (χ2n) is 2.28. The van der Waals surface area contributed by atoms with Crippen LogP contribution in [-0.2, 0) is 0 Å². The summed E-state index contributed by atoms with van der Waals surface area (Å²) in [7, 11) is 0. The van der Waals surface area contributed by atoms with Gasteiger partial charge in [0.2, 0.25) is 0 Å². The minimum Gasteiger partial charge on any atom is -0.486 e. The van der Waals surface area contributed by atoms with E-state index in [-0.39, 0.29) is 5.75 Å². The van der Waals surface area contributed by atoms with Crippen molar-refractivity contribution in [1.29, 1.82) is 0 Å². The van der Waals surface area contributed by atoms with E-state index in [0.717, 1.165) is 12.1 Å². The molecule has 13 heavy (non-hydrogen) atoms. The Morgan fingerprint density at radius 1 is 1.38 bits per heavy atom. The lowest BCUT2D eigenvalue weighted by Crippen LogP contribution is -2.07. The van der Waals surface area contributed by atoms with Gasteiger partial charge in [-0.1, -0.05) is 0 Å². The molecule has 0 amide bonds. The fourth-order valence-corrected chi connectivity index (χ4v) is 1.21. The molecule has 0 unspecified atom stereocenters. The Bertz CT molecular complexity index is 291. The summed E-state index contributed by atoms with van der Waals surface area (Å²) in [5.41, 5.74) is 0. The summed E-state index contributed by atoms with van der Waals surface area (Å²) in [6.45, 7) is -0.690. The first kappa shape index (κ1) is 10.4. The highest BCUT2D eigenvalue weighted by Gasteiger charge is 2.06. The van der Waals surface area contributed by atoms with Crippen LogP contribution in [0, 0.1) is 5.82 Å². The van der Waals surface area contributed by atoms with Gasteiger partial charge >= 0.3 is 0 Å². The van der Waals surface area contributed by atoms with E-state index in [9.17, 15) is 13.2 Å². The predicted octanol–water partition coefficient (Wildman–Crippen LogP) is 3.23. The number of alkyl halides is 2. The third-order valence-corrected chi connectivity index (χ3v) is 1.88. The van der Waals surface area contributed by atoms with E-state index < -0.39 is 18.8 Å². The molecule has 0 radical (unpaired) electrons. The zero-order valence-electron chi connectivity index (χ0n) is 6.44. The van der Waals surface area contributed by atoms with Crippen LogP contribution in [0.4, 0.5) is 13.2 Å². The molecule has 72 valence electrons. The SMILES string of the molecule is Fc1ccc(OCC(F)F)c(Br)c1. The molecule has 5 heteroatoms. The van der Waals surface area contributed by atoms with Crippen LogP contribution in [0.5, 0.6) is 5.75 Å². The predicted molar refractivity (Wildman–Crippen MR) is 45.6 cm³/mol. The molecule has 0 saturated heterocycles. The van der Waals surface area contributed by atoms with Crippen molar-refractivity contribution >= 4 is 15.9 Å². The van der Waals surface area contributed by atoms with Gasteiger partial charge in [0.25, 0.3) is 6.43 Å². The fraction of sp³-hybridized carbons (Fsp3) is 0.250. The van der Waals surface area contributed by atoms with Crippen LogP contribution in [-0.4, -0.2) is 13.0 Å². The molecule has 1 aromatic rings. The van der Waals surface area contributed by atoms with Crippen molar-refractivity contribution in [2.45, 2.75) is 6.43 Å². The molecule has 0 N–H and O–H groups in total. The van der Waals surface area contributed by atoms with Crippen LogP contribution in [0.25, 0.3) is 0 Å². The Kier molecular flexibility index (Phi) is 3.59. The van der Waals surface area contributed by atoms with E-state index in [1.54, 1.807) is 0 Å². The van der Waals surface area contributed by atoms with Crippen LogP contribution in [0.1, 0.15) is 0 Å². The lowest BCUT2D eigenvalue weighted by molar-refractivity contribution is 0.0815. The number of rotatable bonds is 3. The second-order valence-corrected chi connectivity index (χ2v) is 3.13. The van der Waals surface area contributed by atoms with E-state index in [4.69, 9.17) is 0 Å². The van der Waals surface area contributed by atoms with Crippen LogP contribution in [0.3, 0.4) is 0 Å². The van der Waals surface area contributed by atoms with Crippen LogP contribution >= 0.6 is 15.9 Å². The number of halogens is 4. The molecular formula is C8H6BrF3O. The van der Waals surface area contributed by atoms with E-state index in [2.05, 4.69) is 20.7 Å². The van der Waals surface area contributed by atoms with E-state index >= 15 is 0 Å². The average Bonchev–Trinajstić information content (AvgIpc) is 2.02. The van der Waals surface area contributed by atoms with Crippen molar-refractivity contribution in [3.8, 4) is 5.75 Å². The molecular weight excluding hydrogens is 249 g/mol. The Hall–Kier alpha value is -0.710. The summed E-state index contributed by atoms with van der Waals surface area (Å²) in [6, 6.07) is 3.59. The molecule has 0 atom stereocenters. The monoisotopic (exact) mass is 254 g/mol. The van der Waals surface area contributed by atoms with E-state index in [1.165, 1.54) is 6.07 Å². The molecule has 1 nitrogen and oxygen atoms in total. The highest BCUT2D eigenvalue weighted by molar-refractivity contribution is 9.10. The standard InChI is InChI=1S/C8H6BrF3O/c9-6-3-5(10)1-2-7(6)13-4-8(11)12/h1-3,8H,4H2. The summed E-state index contributed by atoms with van der Waals surface area (Å²) in [4.78, 5) is 0. The third-order valence-electron chi connectivity index (χ3n) is 1.26. The van der Waals surface area contributed by atoms with Gasteiger partial charge in [0.05, 0.1) is 4.47 Å². The van der Waals surface area contributed by atoms with Gasteiger partial charge in [0.1, 0.15) is 18.2 Å². The summed E-state index contributed by atoms with van der Waals surface area (Å²) in [6.07, 6.45) is -2.53. The normalized spacial score (nSPS) is 10.5. The van der Waals surface area contributed by atoms with Crippen LogP contribution < -0.4 is 4.74 Å². The van der Waals surface area contributed by atoms with Crippen molar-refractivity contribution in [2.24, 2.45) is 0 Å². The molecule has 0 fully saturated rings. The topological polar surface area (TPSA) is 9.23 Å². The fourth-order valence-electron chi connectivity index (χ4n) is 0.745. The van der Waals surface area contributed by atoms with Crippen molar-refractivity contribution in [1.82, 2.24) is 0 Å². The van der Waals surface area contributed by atoms with Crippen molar-refractivity contribution in [2.75, 3.05) is 6.61 Å². The number of benzene rings is 1. The van der Waals surface area contributed by atoms with E-state index in [1.807, 2.05) is 0 Å². The van der Waals surface area contributed by atoms with Crippen LogP contribution in [0.2, 0.25) is 0 Å². The highest BCUT2D eigenvalue weighted by Crippen LogP contribution is 2.25. The Labute approximate surface area is 81.6 Å². The van der Waals surface area contributed by atoms with E-state index in [0.29, 0.717) is 4.47 Å². The maximum Gasteiger partial charge on any atom is 0.272 e. The Morgan fingerprint density at radius 3 is 2.62 bits per heavy atom. The average molecular weight is 255 g/mol. The summed E-state index contributed by atoms with van der Waals surface area (Å²) < 4.78 is 41.0. The largest absolute Gasteiger partial charge is 0.486 e. The molecule has 0 saturated carbocycles. The summed E-state index contributed by atoms with van der Waals surface area (Å²) >= 11 is 2.99. The molecule has 0 heterocycles. The lowest BCUT2D eigenvalue weighted by Gasteiger charge is -2.06. The summed E-state index contributed by atoms with van der Waals surface area (Å²) in [5, 5.41) is 0.